The molecule has 4 rings (SSSR count). The van der Waals surface area contributed by atoms with Gasteiger partial charge in [-0.25, -0.2) is 0 Å². The lowest BCUT2D eigenvalue weighted by atomic mass is 9.90. The maximum atomic E-state index is 13.1. The summed E-state index contributed by atoms with van der Waals surface area (Å²) in [4.78, 5) is 17.6. The minimum absolute atomic E-state index is 0.142. The van der Waals surface area contributed by atoms with Crippen LogP contribution in [0.2, 0.25) is 0 Å². The summed E-state index contributed by atoms with van der Waals surface area (Å²) in [6, 6.07) is 18.8. The van der Waals surface area contributed by atoms with Gasteiger partial charge in [0.05, 0.1) is 5.69 Å². The Hall–Kier alpha value is -3.34. The van der Waals surface area contributed by atoms with Crippen molar-refractivity contribution in [3.8, 4) is 11.5 Å². The first-order valence-electron chi connectivity index (χ1n) is 8.39. The number of hydrogen-bond donors (Lipinski definition) is 1. The van der Waals surface area contributed by atoms with E-state index in [9.17, 15) is 4.79 Å². The third-order valence-electron chi connectivity index (χ3n) is 4.39. The number of amides is 1. The SMILES string of the molecule is Cc1ccccc1C(C(=O)Nc1ccc2c(c1)OCO2)c1ccccn1. The van der Waals surface area contributed by atoms with Crippen LogP contribution in [0.1, 0.15) is 22.7 Å². The monoisotopic (exact) mass is 346 g/mol. The van der Waals surface area contributed by atoms with E-state index in [0.29, 0.717) is 22.9 Å². The molecule has 2 aromatic carbocycles. The Labute approximate surface area is 151 Å². The standard InChI is InChI=1S/C21H18N2O3/c1-14-6-2-3-7-16(14)20(17-8-4-5-11-22-17)21(24)23-15-9-10-18-19(12-15)26-13-25-18/h2-12,20H,13H2,1H3,(H,23,24). The summed E-state index contributed by atoms with van der Waals surface area (Å²) in [5, 5.41) is 2.98. The molecule has 1 aliphatic rings. The van der Waals surface area contributed by atoms with Gasteiger partial charge in [-0.1, -0.05) is 30.3 Å². The number of rotatable bonds is 4. The van der Waals surface area contributed by atoms with Crippen molar-refractivity contribution in [2.24, 2.45) is 0 Å². The Bertz CT molecular complexity index is 941. The molecule has 3 aromatic rings. The van der Waals surface area contributed by atoms with Crippen LogP contribution in [0.3, 0.4) is 0 Å². The predicted octanol–water partition coefficient (Wildman–Crippen LogP) is 3.89. The highest BCUT2D eigenvalue weighted by molar-refractivity contribution is 5.98. The minimum Gasteiger partial charge on any atom is -0.454 e. The lowest BCUT2D eigenvalue weighted by Gasteiger charge is -2.19. The van der Waals surface area contributed by atoms with E-state index in [-0.39, 0.29) is 12.7 Å². The first-order chi connectivity index (χ1) is 12.7. The van der Waals surface area contributed by atoms with Crippen molar-refractivity contribution >= 4 is 11.6 Å². The quantitative estimate of drug-likeness (QED) is 0.778. The maximum absolute atomic E-state index is 13.1. The number of nitrogens with zero attached hydrogens (tertiary/aromatic N) is 1. The van der Waals surface area contributed by atoms with Crippen molar-refractivity contribution < 1.29 is 14.3 Å². The molecule has 5 heteroatoms. The van der Waals surface area contributed by atoms with Crippen molar-refractivity contribution in [3.05, 3.63) is 83.7 Å². The zero-order valence-corrected chi connectivity index (χ0v) is 14.3. The van der Waals surface area contributed by atoms with E-state index in [1.54, 1.807) is 24.4 Å². The lowest BCUT2D eigenvalue weighted by Crippen LogP contribution is -2.23. The zero-order valence-electron chi connectivity index (χ0n) is 14.3. The van der Waals surface area contributed by atoms with E-state index in [1.807, 2.05) is 49.4 Å². The molecule has 0 saturated heterocycles. The third kappa shape index (κ3) is 3.11. The van der Waals surface area contributed by atoms with Gasteiger partial charge in [0.1, 0.15) is 5.92 Å². The van der Waals surface area contributed by atoms with Gasteiger partial charge >= 0.3 is 0 Å². The largest absolute Gasteiger partial charge is 0.454 e. The predicted molar refractivity (Wildman–Crippen MR) is 98.5 cm³/mol. The molecule has 1 amide bonds. The molecule has 1 unspecified atom stereocenters. The number of hydrogen-bond acceptors (Lipinski definition) is 4. The van der Waals surface area contributed by atoms with Crippen molar-refractivity contribution in [1.29, 1.82) is 0 Å². The Morgan fingerprint density at radius 2 is 1.85 bits per heavy atom. The molecule has 1 N–H and O–H groups in total. The van der Waals surface area contributed by atoms with Gasteiger partial charge in [0.2, 0.25) is 12.7 Å². The normalized spacial score (nSPS) is 13.3. The number of aryl methyl sites for hydroxylation is 1. The molecule has 0 radical (unpaired) electrons. The summed E-state index contributed by atoms with van der Waals surface area (Å²) in [6.07, 6.45) is 1.70. The van der Waals surface area contributed by atoms with Crippen LogP contribution in [0.4, 0.5) is 5.69 Å². The molecule has 130 valence electrons. The van der Waals surface area contributed by atoms with Gasteiger partial charge in [-0.05, 0) is 42.3 Å². The molecule has 5 nitrogen and oxygen atoms in total. The molecular formula is C21H18N2O3. The highest BCUT2D eigenvalue weighted by Gasteiger charge is 2.26. The van der Waals surface area contributed by atoms with Gasteiger partial charge in [0.25, 0.3) is 0 Å². The number of fused-ring (bicyclic) bond motifs is 1. The molecule has 1 aromatic heterocycles. The zero-order chi connectivity index (χ0) is 17.9. The number of carbonyl (C=O) groups is 1. The van der Waals surface area contributed by atoms with Gasteiger partial charge in [0, 0.05) is 18.0 Å². The number of nitrogens with one attached hydrogen (secondary N) is 1. The fourth-order valence-electron chi connectivity index (χ4n) is 3.08. The molecule has 2 heterocycles. The summed E-state index contributed by atoms with van der Waals surface area (Å²) in [7, 11) is 0. The molecule has 1 atom stereocenters. The molecule has 0 spiro atoms. The smallest absolute Gasteiger partial charge is 0.238 e. The first kappa shape index (κ1) is 16.1. The molecule has 26 heavy (non-hydrogen) atoms. The Morgan fingerprint density at radius 3 is 2.65 bits per heavy atom. The van der Waals surface area contributed by atoms with E-state index < -0.39 is 5.92 Å². The Morgan fingerprint density at radius 1 is 1.04 bits per heavy atom. The average molecular weight is 346 g/mol. The maximum Gasteiger partial charge on any atom is 0.238 e. The molecule has 0 saturated carbocycles. The fraction of sp³-hybridized carbons (Fsp3) is 0.143. The van der Waals surface area contributed by atoms with E-state index in [4.69, 9.17) is 9.47 Å². The van der Waals surface area contributed by atoms with E-state index in [2.05, 4.69) is 10.3 Å². The van der Waals surface area contributed by atoms with Crippen molar-refractivity contribution in [2.75, 3.05) is 12.1 Å². The topological polar surface area (TPSA) is 60.5 Å². The molecule has 0 aliphatic carbocycles. The Balaban J connectivity index is 1.68. The summed E-state index contributed by atoms with van der Waals surface area (Å²) in [6.45, 7) is 2.20. The fourth-order valence-corrected chi connectivity index (χ4v) is 3.08. The molecule has 0 bridgehead atoms. The lowest BCUT2D eigenvalue weighted by molar-refractivity contribution is -0.116. The molecule has 1 aliphatic heterocycles. The number of aromatic nitrogens is 1. The van der Waals surface area contributed by atoms with Crippen LogP contribution < -0.4 is 14.8 Å². The first-order valence-corrected chi connectivity index (χ1v) is 8.39. The van der Waals surface area contributed by atoms with Crippen molar-refractivity contribution in [3.63, 3.8) is 0 Å². The van der Waals surface area contributed by atoms with Crippen LogP contribution in [0.5, 0.6) is 11.5 Å². The molecular weight excluding hydrogens is 328 g/mol. The van der Waals surface area contributed by atoms with Crippen LogP contribution in [0.15, 0.2) is 66.9 Å². The van der Waals surface area contributed by atoms with Crippen LogP contribution in [0, 0.1) is 6.92 Å². The van der Waals surface area contributed by atoms with E-state index in [0.717, 1.165) is 11.1 Å². The van der Waals surface area contributed by atoms with Gasteiger partial charge in [-0.3, -0.25) is 9.78 Å². The molecule has 0 fully saturated rings. The Kier molecular flexibility index (Phi) is 4.27. The number of anilines is 1. The summed E-state index contributed by atoms with van der Waals surface area (Å²) >= 11 is 0. The van der Waals surface area contributed by atoms with Gasteiger partial charge in [-0.2, -0.15) is 0 Å². The van der Waals surface area contributed by atoms with Crippen LogP contribution in [-0.4, -0.2) is 17.7 Å². The van der Waals surface area contributed by atoms with Crippen molar-refractivity contribution in [2.45, 2.75) is 12.8 Å². The van der Waals surface area contributed by atoms with Crippen molar-refractivity contribution in [1.82, 2.24) is 4.98 Å². The number of pyridine rings is 1. The summed E-state index contributed by atoms with van der Waals surface area (Å²) in [5.74, 6) is 0.677. The van der Waals surface area contributed by atoms with Crippen LogP contribution in [-0.2, 0) is 4.79 Å². The van der Waals surface area contributed by atoms with Crippen LogP contribution >= 0.6 is 0 Å². The second-order valence-corrected chi connectivity index (χ2v) is 6.10. The second kappa shape index (κ2) is 6.88. The number of benzene rings is 2. The van der Waals surface area contributed by atoms with Gasteiger partial charge in [-0.15, -0.1) is 0 Å². The number of carbonyl (C=O) groups excluding carboxylic acids is 1. The highest BCUT2D eigenvalue weighted by atomic mass is 16.7. The van der Waals surface area contributed by atoms with E-state index in [1.165, 1.54) is 0 Å². The van der Waals surface area contributed by atoms with E-state index >= 15 is 0 Å². The second-order valence-electron chi connectivity index (χ2n) is 6.10. The summed E-state index contributed by atoms with van der Waals surface area (Å²) in [5.41, 5.74) is 3.35. The van der Waals surface area contributed by atoms with Gasteiger partial charge in [0.15, 0.2) is 11.5 Å². The third-order valence-corrected chi connectivity index (χ3v) is 4.39. The van der Waals surface area contributed by atoms with Crippen LogP contribution in [0.25, 0.3) is 0 Å². The summed E-state index contributed by atoms with van der Waals surface area (Å²) < 4.78 is 10.7. The average Bonchev–Trinajstić information content (AvgIpc) is 3.12. The number of ether oxygens (including phenoxy) is 2. The minimum atomic E-state index is -0.497. The highest BCUT2D eigenvalue weighted by Crippen LogP contribution is 2.35. The van der Waals surface area contributed by atoms with Gasteiger partial charge < -0.3 is 14.8 Å².